The first-order valence-corrected chi connectivity index (χ1v) is 11.7. The van der Waals surface area contributed by atoms with Gasteiger partial charge in [-0.05, 0) is 49.0 Å². The summed E-state index contributed by atoms with van der Waals surface area (Å²) in [6.07, 6.45) is 8.98. The second-order valence-electron chi connectivity index (χ2n) is 8.49. The van der Waals surface area contributed by atoms with Gasteiger partial charge in [-0.25, -0.2) is 4.79 Å². The first kappa shape index (κ1) is 23.3. The van der Waals surface area contributed by atoms with E-state index in [0.717, 1.165) is 24.0 Å². The van der Waals surface area contributed by atoms with Crippen LogP contribution in [-0.2, 0) is 9.59 Å². The van der Waals surface area contributed by atoms with Crippen molar-refractivity contribution in [1.29, 1.82) is 0 Å². The van der Waals surface area contributed by atoms with Crippen LogP contribution in [0.15, 0.2) is 72.8 Å². The van der Waals surface area contributed by atoms with Crippen molar-refractivity contribution in [3.63, 3.8) is 0 Å². The van der Waals surface area contributed by atoms with Gasteiger partial charge in [0.1, 0.15) is 12.3 Å². The fourth-order valence-corrected chi connectivity index (χ4v) is 4.36. The molecule has 7 nitrogen and oxygen atoms in total. The highest BCUT2D eigenvalue weighted by Crippen LogP contribution is 2.18. The number of benzene rings is 2. The minimum Gasteiger partial charge on any atom is -0.319 e. The van der Waals surface area contributed by atoms with Crippen LogP contribution in [-0.4, -0.2) is 53.1 Å². The smallest absolute Gasteiger partial charge is 0.318 e. The van der Waals surface area contributed by atoms with Gasteiger partial charge in [0.2, 0.25) is 11.8 Å². The zero-order valence-corrected chi connectivity index (χ0v) is 19.1. The van der Waals surface area contributed by atoms with Gasteiger partial charge in [-0.2, -0.15) is 0 Å². The molecule has 4 amide bonds. The molecule has 34 heavy (non-hydrogen) atoms. The summed E-state index contributed by atoms with van der Waals surface area (Å²) >= 11 is 0. The molecule has 4 rings (SSSR count). The van der Waals surface area contributed by atoms with Crippen molar-refractivity contribution in [1.82, 2.24) is 20.4 Å². The molecule has 2 atom stereocenters. The summed E-state index contributed by atoms with van der Waals surface area (Å²) in [6.45, 7) is 1.20. The van der Waals surface area contributed by atoms with Crippen LogP contribution >= 0.6 is 0 Å². The van der Waals surface area contributed by atoms with E-state index in [1.165, 1.54) is 0 Å². The molecular formula is C27H30N4O3. The Morgan fingerprint density at radius 3 is 1.50 bits per heavy atom. The van der Waals surface area contributed by atoms with E-state index in [4.69, 9.17) is 0 Å². The van der Waals surface area contributed by atoms with Crippen LogP contribution in [0, 0.1) is 0 Å². The molecule has 2 aromatic carbocycles. The zero-order valence-electron chi connectivity index (χ0n) is 19.1. The normalized spacial score (nSPS) is 20.2. The van der Waals surface area contributed by atoms with Gasteiger partial charge in [-0.15, -0.1) is 0 Å². The predicted octanol–water partition coefficient (Wildman–Crippen LogP) is 3.61. The number of carbonyl (C=O) groups is 3. The molecule has 2 N–H and O–H groups in total. The van der Waals surface area contributed by atoms with Crippen molar-refractivity contribution in [3.05, 3.63) is 83.9 Å². The predicted molar refractivity (Wildman–Crippen MR) is 132 cm³/mol. The SMILES string of the molecule is O=C(N[C@H]1CCCN1C(=O)/C=C/c1ccccc1)N[C@@H]1CCCN1C(=O)/C=C\c1ccccc1. The van der Waals surface area contributed by atoms with Gasteiger partial charge in [0.25, 0.3) is 0 Å². The summed E-state index contributed by atoms with van der Waals surface area (Å²) in [5.74, 6) is -0.259. The minimum absolute atomic E-state index is 0.129. The first-order valence-electron chi connectivity index (χ1n) is 11.7. The monoisotopic (exact) mass is 458 g/mol. The summed E-state index contributed by atoms with van der Waals surface area (Å²) in [5, 5.41) is 5.83. The zero-order chi connectivity index (χ0) is 23.8. The Morgan fingerprint density at radius 1 is 0.676 bits per heavy atom. The van der Waals surface area contributed by atoms with Crippen LogP contribution in [0.25, 0.3) is 12.2 Å². The van der Waals surface area contributed by atoms with Gasteiger partial charge in [-0.3, -0.25) is 9.59 Å². The number of nitrogens with zero attached hydrogens (tertiary/aromatic N) is 2. The Balaban J connectivity index is 1.30. The Hall–Kier alpha value is -3.87. The summed E-state index contributed by atoms with van der Waals surface area (Å²) in [5.41, 5.74) is 1.90. The van der Waals surface area contributed by atoms with E-state index in [-0.39, 0.29) is 30.2 Å². The molecule has 0 aliphatic carbocycles. The quantitative estimate of drug-likeness (QED) is 0.649. The van der Waals surface area contributed by atoms with Crippen molar-refractivity contribution in [3.8, 4) is 0 Å². The molecule has 2 aliphatic rings. The number of nitrogens with one attached hydrogen (secondary N) is 2. The molecule has 7 heteroatoms. The summed E-state index contributed by atoms with van der Waals surface area (Å²) in [4.78, 5) is 41.5. The molecule has 2 saturated heterocycles. The van der Waals surface area contributed by atoms with E-state index in [0.29, 0.717) is 25.9 Å². The fraction of sp³-hybridized carbons (Fsp3) is 0.296. The van der Waals surface area contributed by atoms with Crippen LogP contribution < -0.4 is 10.6 Å². The third-order valence-electron chi connectivity index (χ3n) is 6.10. The number of hydrogen-bond acceptors (Lipinski definition) is 3. The van der Waals surface area contributed by atoms with Gasteiger partial charge >= 0.3 is 6.03 Å². The Bertz CT molecular complexity index is 969. The number of hydrogen-bond donors (Lipinski definition) is 2. The highest BCUT2D eigenvalue weighted by Gasteiger charge is 2.32. The van der Waals surface area contributed by atoms with Crippen molar-refractivity contribution >= 4 is 30.0 Å². The van der Waals surface area contributed by atoms with E-state index < -0.39 is 0 Å². The molecule has 0 bridgehead atoms. The molecule has 0 saturated carbocycles. The summed E-state index contributed by atoms with van der Waals surface area (Å²) in [6, 6.07) is 18.9. The van der Waals surface area contributed by atoms with E-state index in [2.05, 4.69) is 10.6 Å². The van der Waals surface area contributed by atoms with Gasteiger partial charge in [-0.1, -0.05) is 60.7 Å². The van der Waals surface area contributed by atoms with E-state index in [1.54, 1.807) is 34.1 Å². The van der Waals surface area contributed by atoms with E-state index in [9.17, 15) is 14.4 Å². The second kappa shape index (κ2) is 11.3. The Kier molecular flexibility index (Phi) is 7.75. The van der Waals surface area contributed by atoms with Crippen molar-refractivity contribution < 1.29 is 14.4 Å². The maximum Gasteiger partial charge on any atom is 0.318 e. The number of carbonyl (C=O) groups excluding carboxylic acids is 3. The summed E-state index contributed by atoms with van der Waals surface area (Å²) < 4.78 is 0. The molecule has 0 radical (unpaired) electrons. The van der Waals surface area contributed by atoms with Crippen LogP contribution in [0.5, 0.6) is 0 Å². The number of amides is 4. The third kappa shape index (κ3) is 6.13. The van der Waals surface area contributed by atoms with Crippen LogP contribution in [0.3, 0.4) is 0 Å². The average molecular weight is 459 g/mol. The number of rotatable bonds is 6. The topological polar surface area (TPSA) is 81.8 Å². The fourth-order valence-electron chi connectivity index (χ4n) is 4.36. The van der Waals surface area contributed by atoms with Gasteiger partial charge in [0.05, 0.1) is 0 Å². The second-order valence-corrected chi connectivity index (χ2v) is 8.49. The minimum atomic E-state index is -0.367. The molecule has 0 aromatic heterocycles. The van der Waals surface area contributed by atoms with Gasteiger partial charge < -0.3 is 20.4 Å². The van der Waals surface area contributed by atoms with Crippen molar-refractivity contribution in [2.24, 2.45) is 0 Å². The molecule has 2 heterocycles. The van der Waals surface area contributed by atoms with Gasteiger partial charge in [0.15, 0.2) is 0 Å². The molecule has 2 aromatic rings. The third-order valence-corrected chi connectivity index (χ3v) is 6.10. The van der Waals surface area contributed by atoms with Crippen molar-refractivity contribution in [2.45, 2.75) is 38.0 Å². The molecule has 0 unspecified atom stereocenters. The number of likely N-dealkylation sites (tertiary alicyclic amines) is 2. The Labute approximate surface area is 200 Å². The molecular weight excluding hydrogens is 428 g/mol. The average Bonchev–Trinajstić information content (AvgIpc) is 3.52. The first-order chi connectivity index (χ1) is 16.6. The lowest BCUT2D eigenvalue weighted by Crippen LogP contribution is -2.54. The summed E-state index contributed by atoms with van der Waals surface area (Å²) in [7, 11) is 0. The van der Waals surface area contributed by atoms with E-state index in [1.807, 2.05) is 60.7 Å². The largest absolute Gasteiger partial charge is 0.319 e. The highest BCUT2D eigenvalue weighted by atomic mass is 16.2. The van der Waals surface area contributed by atoms with Crippen LogP contribution in [0.4, 0.5) is 4.79 Å². The standard InChI is InChI=1S/C27H30N4O3/c32-25(17-15-21-9-3-1-4-10-21)30-19-7-13-23(30)28-27(34)29-24-14-8-20-31(24)26(33)18-16-22-11-5-2-6-12-22/h1-6,9-12,15-18,23-24H,7-8,13-14,19-20H2,(H2,28,29,34)/b17-15-,18-16+/t23-,24+/m0/s1. The maximum atomic E-state index is 12.7. The highest BCUT2D eigenvalue weighted by molar-refractivity contribution is 5.93. The van der Waals surface area contributed by atoms with Gasteiger partial charge in [0, 0.05) is 25.2 Å². The van der Waals surface area contributed by atoms with Crippen LogP contribution in [0.2, 0.25) is 0 Å². The lowest BCUT2D eigenvalue weighted by Gasteiger charge is -2.28. The maximum absolute atomic E-state index is 12.7. The van der Waals surface area contributed by atoms with E-state index >= 15 is 0 Å². The van der Waals surface area contributed by atoms with Crippen LogP contribution in [0.1, 0.15) is 36.8 Å². The lowest BCUT2D eigenvalue weighted by molar-refractivity contribution is -0.127. The molecule has 2 fully saturated rings. The molecule has 176 valence electrons. The molecule has 2 aliphatic heterocycles. The number of urea groups is 1. The van der Waals surface area contributed by atoms with Crippen molar-refractivity contribution in [2.75, 3.05) is 13.1 Å². The lowest BCUT2D eigenvalue weighted by atomic mass is 10.2. The Morgan fingerprint density at radius 2 is 1.09 bits per heavy atom. The molecule has 0 spiro atoms.